The summed E-state index contributed by atoms with van der Waals surface area (Å²) in [5.41, 5.74) is 0. The van der Waals surface area contributed by atoms with E-state index in [1.54, 1.807) is 0 Å². The van der Waals surface area contributed by atoms with Gasteiger partial charge in [0, 0.05) is 6.42 Å². The molecule has 2 aliphatic heterocycles. The van der Waals surface area contributed by atoms with Crippen molar-refractivity contribution in [1.82, 2.24) is 0 Å². The van der Waals surface area contributed by atoms with Crippen LogP contribution in [0.3, 0.4) is 0 Å². The molecule has 2 heteroatoms. The average Bonchev–Trinajstić information content (AvgIpc) is 2.46. The zero-order chi connectivity index (χ0) is 7.68. The first kappa shape index (κ1) is 7.07. The molecule has 0 aliphatic carbocycles. The maximum Gasteiger partial charge on any atom is 0.103 e. The Bertz CT molecular complexity index is 186. The molecule has 0 bridgehead atoms. The fraction of sp³-hybridized carbons (Fsp3) is 0.556. The molecular weight excluding hydrogens is 140 g/mol. The monoisotopic (exact) mass is 152 g/mol. The van der Waals surface area contributed by atoms with Gasteiger partial charge in [0.15, 0.2) is 0 Å². The Labute approximate surface area is 66.5 Å². The smallest absolute Gasteiger partial charge is 0.103 e. The second-order valence-electron chi connectivity index (χ2n) is 2.91. The van der Waals surface area contributed by atoms with E-state index in [-0.39, 0.29) is 18.3 Å². The molecule has 0 aromatic rings. The summed E-state index contributed by atoms with van der Waals surface area (Å²) in [6, 6.07) is 0. The molecule has 60 valence electrons. The van der Waals surface area contributed by atoms with Crippen LogP contribution in [-0.4, -0.2) is 24.9 Å². The summed E-state index contributed by atoms with van der Waals surface area (Å²) in [4.78, 5) is 0. The SMILES string of the molecule is C=C[C@@H]1C[C@@H]2OCC=C[C@@H]2O1. The number of hydrogen-bond donors (Lipinski definition) is 0. The van der Waals surface area contributed by atoms with Crippen molar-refractivity contribution in [2.75, 3.05) is 6.61 Å². The van der Waals surface area contributed by atoms with E-state index < -0.39 is 0 Å². The van der Waals surface area contributed by atoms with Crippen molar-refractivity contribution in [3.8, 4) is 0 Å². The standard InChI is InChI=1S/C9H12O2/c1-2-7-6-9-8(11-7)4-3-5-10-9/h2-4,7-9H,1,5-6H2/t7-,8+,9+/m1/s1. The van der Waals surface area contributed by atoms with Gasteiger partial charge < -0.3 is 9.47 Å². The van der Waals surface area contributed by atoms with Gasteiger partial charge in [0.25, 0.3) is 0 Å². The number of rotatable bonds is 1. The van der Waals surface area contributed by atoms with Crippen LogP contribution in [-0.2, 0) is 9.47 Å². The van der Waals surface area contributed by atoms with Gasteiger partial charge in [0.2, 0.25) is 0 Å². The topological polar surface area (TPSA) is 18.5 Å². The van der Waals surface area contributed by atoms with E-state index in [9.17, 15) is 0 Å². The first-order valence-corrected chi connectivity index (χ1v) is 3.96. The van der Waals surface area contributed by atoms with Crippen molar-refractivity contribution in [2.45, 2.75) is 24.7 Å². The zero-order valence-corrected chi connectivity index (χ0v) is 6.40. The summed E-state index contributed by atoms with van der Waals surface area (Å²) in [5.74, 6) is 0. The van der Waals surface area contributed by atoms with Gasteiger partial charge in [-0.15, -0.1) is 6.58 Å². The van der Waals surface area contributed by atoms with Crippen LogP contribution in [0, 0.1) is 0 Å². The Hall–Kier alpha value is -0.600. The fourth-order valence-electron chi connectivity index (χ4n) is 1.56. The summed E-state index contributed by atoms with van der Waals surface area (Å²) >= 11 is 0. The normalized spacial score (nSPS) is 42.0. The van der Waals surface area contributed by atoms with E-state index >= 15 is 0 Å². The molecule has 2 aliphatic rings. The molecule has 0 aromatic carbocycles. The third kappa shape index (κ3) is 1.24. The third-order valence-corrected chi connectivity index (χ3v) is 2.16. The molecule has 2 heterocycles. The molecule has 0 N–H and O–H groups in total. The van der Waals surface area contributed by atoms with Crippen molar-refractivity contribution in [1.29, 1.82) is 0 Å². The van der Waals surface area contributed by atoms with Gasteiger partial charge >= 0.3 is 0 Å². The largest absolute Gasteiger partial charge is 0.371 e. The van der Waals surface area contributed by atoms with Crippen molar-refractivity contribution >= 4 is 0 Å². The highest BCUT2D eigenvalue weighted by Crippen LogP contribution is 2.26. The van der Waals surface area contributed by atoms with Crippen LogP contribution in [0.25, 0.3) is 0 Å². The number of hydrogen-bond acceptors (Lipinski definition) is 2. The molecule has 11 heavy (non-hydrogen) atoms. The maximum atomic E-state index is 5.58. The zero-order valence-electron chi connectivity index (χ0n) is 6.40. The molecule has 0 spiro atoms. The van der Waals surface area contributed by atoms with Crippen LogP contribution in [0.4, 0.5) is 0 Å². The van der Waals surface area contributed by atoms with Crippen LogP contribution in [0.15, 0.2) is 24.8 Å². The fourth-order valence-corrected chi connectivity index (χ4v) is 1.56. The molecule has 1 fully saturated rings. The Kier molecular flexibility index (Phi) is 1.80. The van der Waals surface area contributed by atoms with Crippen LogP contribution < -0.4 is 0 Å². The van der Waals surface area contributed by atoms with E-state index in [0.717, 1.165) is 13.0 Å². The van der Waals surface area contributed by atoms with E-state index in [1.165, 1.54) is 0 Å². The first-order chi connectivity index (χ1) is 5.40. The molecule has 3 atom stereocenters. The highest BCUT2D eigenvalue weighted by atomic mass is 16.6. The Balaban J connectivity index is 2.06. The molecule has 0 unspecified atom stereocenters. The molecule has 1 saturated heterocycles. The Morgan fingerprint density at radius 3 is 3.18 bits per heavy atom. The van der Waals surface area contributed by atoms with Crippen LogP contribution in [0.2, 0.25) is 0 Å². The van der Waals surface area contributed by atoms with Crippen LogP contribution in [0.5, 0.6) is 0 Å². The summed E-state index contributed by atoms with van der Waals surface area (Å²) < 4.78 is 11.1. The molecule has 0 aromatic heterocycles. The van der Waals surface area contributed by atoms with Gasteiger partial charge in [0.1, 0.15) is 6.10 Å². The predicted molar refractivity (Wildman–Crippen MR) is 42.4 cm³/mol. The molecular formula is C9H12O2. The van der Waals surface area contributed by atoms with Gasteiger partial charge in [-0.3, -0.25) is 0 Å². The lowest BCUT2D eigenvalue weighted by Gasteiger charge is -2.18. The van der Waals surface area contributed by atoms with Gasteiger partial charge in [-0.25, -0.2) is 0 Å². The van der Waals surface area contributed by atoms with Gasteiger partial charge in [-0.05, 0) is 0 Å². The van der Waals surface area contributed by atoms with Gasteiger partial charge in [-0.1, -0.05) is 18.2 Å². The van der Waals surface area contributed by atoms with Crippen molar-refractivity contribution < 1.29 is 9.47 Å². The van der Waals surface area contributed by atoms with Crippen molar-refractivity contribution in [3.63, 3.8) is 0 Å². The Morgan fingerprint density at radius 2 is 2.45 bits per heavy atom. The first-order valence-electron chi connectivity index (χ1n) is 3.96. The summed E-state index contributed by atoms with van der Waals surface area (Å²) in [5, 5.41) is 0. The van der Waals surface area contributed by atoms with Crippen LogP contribution >= 0.6 is 0 Å². The van der Waals surface area contributed by atoms with Gasteiger partial charge in [0.05, 0.1) is 18.8 Å². The minimum atomic E-state index is 0.173. The predicted octanol–water partition coefficient (Wildman–Crippen LogP) is 1.28. The van der Waals surface area contributed by atoms with Crippen LogP contribution in [0.1, 0.15) is 6.42 Å². The lowest BCUT2D eigenvalue weighted by molar-refractivity contribution is 0.00782. The second-order valence-corrected chi connectivity index (χ2v) is 2.91. The maximum absolute atomic E-state index is 5.58. The third-order valence-electron chi connectivity index (χ3n) is 2.16. The van der Waals surface area contributed by atoms with Crippen molar-refractivity contribution in [3.05, 3.63) is 24.8 Å². The summed E-state index contributed by atoms with van der Waals surface area (Å²) in [7, 11) is 0. The molecule has 0 amide bonds. The highest BCUT2D eigenvalue weighted by Gasteiger charge is 2.33. The highest BCUT2D eigenvalue weighted by molar-refractivity contribution is 5.05. The van der Waals surface area contributed by atoms with E-state index in [4.69, 9.17) is 9.47 Å². The van der Waals surface area contributed by atoms with E-state index in [1.807, 2.05) is 12.2 Å². The second kappa shape index (κ2) is 2.80. The van der Waals surface area contributed by atoms with E-state index in [2.05, 4.69) is 12.7 Å². The molecule has 2 rings (SSSR count). The van der Waals surface area contributed by atoms with Crippen molar-refractivity contribution in [2.24, 2.45) is 0 Å². The van der Waals surface area contributed by atoms with Gasteiger partial charge in [-0.2, -0.15) is 0 Å². The Morgan fingerprint density at radius 1 is 1.55 bits per heavy atom. The minimum Gasteiger partial charge on any atom is -0.371 e. The van der Waals surface area contributed by atoms with E-state index in [0.29, 0.717) is 0 Å². The summed E-state index contributed by atoms with van der Waals surface area (Å²) in [6.45, 7) is 4.43. The number of fused-ring (bicyclic) bond motifs is 1. The summed E-state index contributed by atoms with van der Waals surface area (Å²) in [6.07, 6.45) is 7.51. The quantitative estimate of drug-likeness (QED) is 0.527. The average molecular weight is 152 g/mol. The lowest BCUT2D eigenvalue weighted by atomic mass is 10.1. The lowest BCUT2D eigenvalue weighted by Crippen LogP contribution is -2.25. The molecule has 2 nitrogen and oxygen atoms in total. The molecule has 0 saturated carbocycles. The number of ether oxygens (including phenoxy) is 2. The molecule has 0 radical (unpaired) electrons. The minimum absolute atomic E-state index is 0.173.